The first kappa shape index (κ1) is 17.2. The zero-order chi connectivity index (χ0) is 16.9. The molecule has 0 spiro atoms. The number of hydrogen-bond donors (Lipinski definition) is 4. The van der Waals surface area contributed by atoms with Gasteiger partial charge in [0.15, 0.2) is 0 Å². The van der Waals surface area contributed by atoms with E-state index in [0.29, 0.717) is 12.2 Å². The van der Waals surface area contributed by atoms with Gasteiger partial charge in [-0.15, -0.1) is 0 Å². The number of likely N-dealkylation sites (N-methyl/N-ethyl adjacent to an activating group) is 1. The van der Waals surface area contributed by atoms with E-state index < -0.39 is 17.8 Å². The Labute approximate surface area is 135 Å². The highest BCUT2D eigenvalue weighted by atomic mass is 19.1. The van der Waals surface area contributed by atoms with Crippen LogP contribution in [0.3, 0.4) is 0 Å². The third-order valence-electron chi connectivity index (χ3n) is 4.42. The number of amides is 3. The number of benzene rings is 1. The molecule has 0 saturated heterocycles. The predicted molar refractivity (Wildman–Crippen MR) is 86.8 cm³/mol. The van der Waals surface area contributed by atoms with E-state index in [1.807, 2.05) is 7.05 Å². The number of urea groups is 1. The maximum absolute atomic E-state index is 13.4. The van der Waals surface area contributed by atoms with Crippen LogP contribution in [0.25, 0.3) is 0 Å². The number of carbonyl (C=O) groups is 2. The number of halogens is 1. The molecular weight excluding hydrogens is 299 g/mol. The lowest BCUT2D eigenvalue weighted by molar-refractivity contribution is 0.0996. The third-order valence-corrected chi connectivity index (χ3v) is 4.42. The van der Waals surface area contributed by atoms with Crippen molar-refractivity contribution in [2.75, 3.05) is 18.9 Å². The second-order valence-electron chi connectivity index (χ2n) is 5.96. The minimum atomic E-state index is -0.872. The second kappa shape index (κ2) is 7.41. The molecule has 1 saturated carbocycles. The molecule has 1 aliphatic rings. The minimum Gasteiger partial charge on any atom is -0.366 e. The van der Waals surface area contributed by atoms with Crippen LogP contribution in [0.4, 0.5) is 14.9 Å². The summed E-state index contributed by atoms with van der Waals surface area (Å²) in [6, 6.07) is 3.32. The summed E-state index contributed by atoms with van der Waals surface area (Å²) >= 11 is 0. The normalized spacial score (nSPS) is 16.6. The molecule has 0 aromatic heterocycles. The molecule has 0 unspecified atom stereocenters. The van der Waals surface area contributed by atoms with Crippen LogP contribution in [0.1, 0.15) is 42.5 Å². The molecule has 1 fully saturated rings. The molecule has 0 aliphatic heterocycles. The van der Waals surface area contributed by atoms with Gasteiger partial charge in [-0.3, -0.25) is 4.79 Å². The molecule has 0 atom stereocenters. The summed E-state index contributed by atoms with van der Waals surface area (Å²) in [5, 5.41) is 8.74. The fraction of sp³-hybridized carbons (Fsp3) is 0.500. The molecule has 126 valence electrons. The summed E-state index contributed by atoms with van der Waals surface area (Å²) in [4.78, 5) is 23.1. The van der Waals surface area contributed by atoms with Gasteiger partial charge in [0, 0.05) is 17.8 Å². The number of primary amides is 1. The lowest BCUT2D eigenvalue weighted by Crippen LogP contribution is -2.53. The zero-order valence-electron chi connectivity index (χ0n) is 13.2. The number of nitrogens with two attached hydrogens (primary N) is 1. The number of anilines is 1. The molecular formula is C16H23FN4O2. The van der Waals surface area contributed by atoms with Gasteiger partial charge in [-0.2, -0.15) is 0 Å². The van der Waals surface area contributed by atoms with Crippen molar-refractivity contribution in [3.05, 3.63) is 29.6 Å². The smallest absolute Gasteiger partial charge is 0.319 e. The van der Waals surface area contributed by atoms with Crippen LogP contribution >= 0.6 is 0 Å². The van der Waals surface area contributed by atoms with Gasteiger partial charge in [-0.05, 0) is 38.1 Å². The maximum Gasteiger partial charge on any atom is 0.319 e. The molecule has 23 heavy (non-hydrogen) atoms. The van der Waals surface area contributed by atoms with Gasteiger partial charge >= 0.3 is 6.03 Å². The Morgan fingerprint density at radius 1 is 1.26 bits per heavy atom. The van der Waals surface area contributed by atoms with Gasteiger partial charge in [0.05, 0.1) is 5.56 Å². The van der Waals surface area contributed by atoms with Crippen molar-refractivity contribution < 1.29 is 14.0 Å². The Kier molecular flexibility index (Phi) is 5.54. The highest BCUT2D eigenvalue weighted by molar-refractivity contribution is 5.96. The van der Waals surface area contributed by atoms with Crippen LogP contribution in [-0.4, -0.2) is 31.1 Å². The second-order valence-corrected chi connectivity index (χ2v) is 5.96. The summed E-state index contributed by atoms with van der Waals surface area (Å²) in [7, 11) is 1.91. The van der Waals surface area contributed by atoms with Gasteiger partial charge in [0.1, 0.15) is 5.82 Å². The van der Waals surface area contributed by atoms with Gasteiger partial charge < -0.3 is 21.7 Å². The van der Waals surface area contributed by atoms with Crippen molar-refractivity contribution in [1.29, 1.82) is 0 Å². The van der Waals surface area contributed by atoms with E-state index in [4.69, 9.17) is 5.73 Å². The standard InChI is InChI=1S/C16H23FN4O2/c1-19-16(7-3-2-4-8-16)10-20-15(23)21-11-5-6-13(17)12(9-11)14(18)22/h5-6,9,19H,2-4,7-8,10H2,1H3,(H2,18,22)(H2,20,21,23). The first-order valence-electron chi connectivity index (χ1n) is 7.79. The molecule has 2 rings (SSSR count). The Morgan fingerprint density at radius 2 is 1.96 bits per heavy atom. The highest BCUT2D eigenvalue weighted by Crippen LogP contribution is 2.27. The van der Waals surface area contributed by atoms with Crippen LogP contribution < -0.4 is 21.7 Å². The molecule has 1 aromatic rings. The van der Waals surface area contributed by atoms with Crippen molar-refractivity contribution >= 4 is 17.6 Å². The minimum absolute atomic E-state index is 0.0726. The highest BCUT2D eigenvalue weighted by Gasteiger charge is 2.30. The SMILES string of the molecule is CNC1(CNC(=O)Nc2ccc(F)c(C(N)=O)c2)CCCCC1. The summed E-state index contributed by atoms with van der Waals surface area (Å²) in [5.74, 6) is -1.58. The van der Waals surface area contributed by atoms with E-state index in [2.05, 4.69) is 16.0 Å². The molecule has 1 aromatic carbocycles. The lowest BCUT2D eigenvalue weighted by Gasteiger charge is -2.37. The van der Waals surface area contributed by atoms with Crippen molar-refractivity contribution in [3.63, 3.8) is 0 Å². The van der Waals surface area contributed by atoms with Crippen LogP contribution in [0.5, 0.6) is 0 Å². The summed E-state index contributed by atoms with van der Waals surface area (Å²) < 4.78 is 13.4. The fourth-order valence-electron chi connectivity index (χ4n) is 2.96. The van der Waals surface area contributed by atoms with Crippen molar-refractivity contribution in [2.45, 2.75) is 37.6 Å². The molecule has 5 N–H and O–H groups in total. The largest absolute Gasteiger partial charge is 0.366 e. The van der Waals surface area contributed by atoms with E-state index in [0.717, 1.165) is 31.7 Å². The molecule has 6 nitrogen and oxygen atoms in total. The first-order chi connectivity index (χ1) is 11.0. The van der Waals surface area contributed by atoms with Crippen LogP contribution in [0, 0.1) is 5.82 Å². The Hall–Kier alpha value is -2.15. The average molecular weight is 322 g/mol. The molecule has 1 aliphatic carbocycles. The third kappa shape index (κ3) is 4.41. The maximum atomic E-state index is 13.4. The van der Waals surface area contributed by atoms with Crippen LogP contribution in [0.15, 0.2) is 18.2 Å². The average Bonchev–Trinajstić information content (AvgIpc) is 2.55. The van der Waals surface area contributed by atoms with Gasteiger partial charge in [-0.25, -0.2) is 9.18 Å². The quantitative estimate of drug-likeness (QED) is 0.667. The number of nitrogens with one attached hydrogen (secondary N) is 3. The zero-order valence-corrected chi connectivity index (χ0v) is 13.2. The molecule has 0 bridgehead atoms. The number of rotatable bonds is 5. The van der Waals surface area contributed by atoms with Gasteiger partial charge in [0.2, 0.25) is 0 Å². The number of hydrogen-bond acceptors (Lipinski definition) is 3. The Balaban J connectivity index is 1.94. The molecule has 0 heterocycles. The van der Waals surface area contributed by atoms with Crippen LogP contribution in [0.2, 0.25) is 0 Å². The summed E-state index contributed by atoms with van der Waals surface area (Å²) in [6.07, 6.45) is 5.55. The Morgan fingerprint density at radius 3 is 2.57 bits per heavy atom. The van der Waals surface area contributed by atoms with E-state index in [1.54, 1.807) is 0 Å². The van der Waals surface area contributed by atoms with Crippen molar-refractivity contribution in [2.24, 2.45) is 5.73 Å². The monoisotopic (exact) mass is 322 g/mol. The molecule has 7 heteroatoms. The van der Waals surface area contributed by atoms with Crippen molar-refractivity contribution in [1.82, 2.24) is 10.6 Å². The van der Waals surface area contributed by atoms with E-state index in [1.165, 1.54) is 18.6 Å². The first-order valence-corrected chi connectivity index (χ1v) is 7.79. The summed E-state index contributed by atoms with van der Waals surface area (Å²) in [5.41, 5.74) is 5.09. The fourth-order valence-corrected chi connectivity index (χ4v) is 2.96. The Bertz CT molecular complexity index is 585. The number of carbonyl (C=O) groups excluding carboxylic acids is 2. The van der Waals surface area contributed by atoms with Gasteiger partial charge in [-0.1, -0.05) is 19.3 Å². The van der Waals surface area contributed by atoms with E-state index in [-0.39, 0.29) is 11.1 Å². The van der Waals surface area contributed by atoms with E-state index in [9.17, 15) is 14.0 Å². The lowest BCUT2D eigenvalue weighted by atomic mass is 9.82. The van der Waals surface area contributed by atoms with Crippen LogP contribution in [-0.2, 0) is 0 Å². The van der Waals surface area contributed by atoms with E-state index >= 15 is 0 Å². The summed E-state index contributed by atoms with van der Waals surface area (Å²) in [6.45, 7) is 0.513. The molecule has 3 amide bonds. The molecule has 0 radical (unpaired) electrons. The van der Waals surface area contributed by atoms with Gasteiger partial charge in [0.25, 0.3) is 5.91 Å². The predicted octanol–water partition coefficient (Wildman–Crippen LogP) is 1.97. The van der Waals surface area contributed by atoms with Crippen molar-refractivity contribution in [3.8, 4) is 0 Å². The topological polar surface area (TPSA) is 96.2 Å².